The smallest absolute Gasteiger partial charge is 0.251 e. The van der Waals surface area contributed by atoms with Crippen LogP contribution < -0.4 is 10.1 Å². The molecule has 4 heteroatoms. The highest BCUT2D eigenvalue weighted by molar-refractivity contribution is 5.94. The molecule has 1 atom stereocenters. The maximum Gasteiger partial charge on any atom is 0.251 e. The zero-order valence-electron chi connectivity index (χ0n) is 14.1. The molecule has 0 aliphatic carbocycles. The topological polar surface area (TPSA) is 41.6 Å². The first-order valence-electron chi connectivity index (χ1n) is 8.48. The van der Waals surface area contributed by atoms with Gasteiger partial charge in [-0.15, -0.1) is 0 Å². The minimum atomic E-state index is -0.0676. The molecule has 3 rings (SSSR count). The van der Waals surface area contributed by atoms with Gasteiger partial charge in [0, 0.05) is 12.1 Å². The summed E-state index contributed by atoms with van der Waals surface area (Å²) in [6, 6.07) is 17.4. The van der Waals surface area contributed by atoms with Gasteiger partial charge in [-0.25, -0.2) is 0 Å². The summed E-state index contributed by atoms with van der Waals surface area (Å²) in [5.74, 6) is 0.625. The third kappa shape index (κ3) is 4.15. The van der Waals surface area contributed by atoms with Gasteiger partial charge in [-0.05, 0) is 49.7 Å². The lowest BCUT2D eigenvalue weighted by Crippen LogP contribution is -2.37. The number of nitrogens with zero attached hydrogens (tertiary/aromatic N) is 1. The van der Waals surface area contributed by atoms with Crippen LogP contribution in [0.2, 0.25) is 0 Å². The third-order valence-electron chi connectivity index (χ3n) is 4.48. The fraction of sp³-hybridized carbons (Fsp3) is 0.350. The Morgan fingerprint density at radius 1 is 1.12 bits per heavy atom. The highest BCUT2D eigenvalue weighted by atomic mass is 16.5. The standard InChI is InChI=1S/C20H24N2O2/c1-24-18-11-7-10-17(14-18)20(23)21-19(15-22-12-5-6-13-22)16-8-3-2-4-9-16/h2-4,7-11,14,19H,5-6,12-13,15H2,1H3,(H,21,23). The first-order chi connectivity index (χ1) is 11.8. The molecule has 1 heterocycles. The number of ether oxygens (including phenoxy) is 1. The van der Waals surface area contributed by atoms with Crippen molar-refractivity contribution in [1.82, 2.24) is 10.2 Å². The molecule has 0 spiro atoms. The van der Waals surface area contributed by atoms with Gasteiger partial charge < -0.3 is 15.0 Å². The second kappa shape index (κ2) is 7.97. The molecule has 0 saturated carbocycles. The fourth-order valence-electron chi connectivity index (χ4n) is 3.15. The van der Waals surface area contributed by atoms with Crippen molar-refractivity contribution in [2.45, 2.75) is 18.9 Å². The van der Waals surface area contributed by atoms with Crippen molar-refractivity contribution in [3.8, 4) is 5.75 Å². The second-order valence-corrected chi connectivity index (χ2v) is 6.18. The molecule has 126 valence electrons. The molecule has 0 aromatic heterocycles. The fourth-order valence-corrected chi connectivity index (χ4v) is 3.15. The number of benzene rings is 2. The van der Waals surface area contributed by atoms with E-state index in [-0.39, 0.29) is 11.9 Å². The monoisotopic (exact) mass is 324 g/mol. The molecule has 1 aliphatic heterocycles. The molecule has 0 radical (unpaired) electrons. The summed E-state index contributed by atoms with van der Waals surface area (Å²) in [7, 11) is 1.61. The number of nitrogens with one attached hydrogen (secondary N) is 1. The summed E-state index contributed by atoms with van der Waals surface area (Å²) >= 11 is 0. The summed E-state index contributed by atoms with van der Waals surface area (Å²) < 4.78 is 5.21. The van der Waals surface area contributed by atoms with Crippen LogP contribution in [-0.2, 0) is 0 Å². The van der Waals surface area contributed by atoms with E-state index in [2.05, 4.69) is 22.3 Å². The Morgan fingerprint density at radius 3 is 2.58 bits per heavy atom. The van der Waals surface area contributed by atoms with Crippen LogP contribution in [0, 0.1) is 0 Å². The van der Waals surface area contributed by atoms with E-state index in [1.165, 1.54) is 12.8 Å². The zero-order chi connectivity index (χ0) is 16.8. The molecule has 1 unspecified atom stereocenters. The van der Waals surface area contributed by atoms with Gasteiger partial charge in [0.1, 0.15) is 5.75 Å². The second-order valence-electron chi connectivity index (χ2n) is 6.18. The SMILES string of the molecule is COc1cccc(C(=O)NC(CN2CCCC2)c2ccccc2)c1. The normalized spacial score (nSPS) is 15.9. The Morgan fingerprint density at radius 2 is 1.88 bits per heavy atom. The van der Waals surface area contributed by atoms with Crippen LogP contribution in [0.5, 0.6) is 5.75 Å². The summed E-state index contributed by atoms with van der Waals surface area (Å²) in [6.07, 6.45) is 2.48. The van der Waals surface area contributed by atoms with E-state index in [1.54, 1.807) is 13.2 Å². The van der Waals surface area contributed by atoms with E-state index in [4.69, 9.17) is 4.74 Å². The van der Waals surface area contributed by atoms with Gasteiger partial charge in [-0.1, -0.05) is 36.4 Å². The van der Waals surface area contributed by atoms with Crippen molar-refractivity contribution in [3.63, 3.8) is 0 Å². The lowest BCUT2D eigenvalue weighted by molar-refractivity contribution is 0.0927. The van der Waals surface area contributed by atoms with E-state index in [0.717, 1.165) is 25.2 Å². The lowest BCUT2D eigenvalue weighted by Gasteiger charge is -2.25. The third-order valence-corrected chi connectivity index (χ3v) is 4.48. The molecule has 2 aromatic carbocycles. The van der Waals surface area contributed by atoms with Gasteiger partial charge in [-0.2, -0.15) is 0 Å². The van der Waals surface area contributed by atoms with Crippen LogP contribution >= 0.6 is 0 Å². The largest absolute Gasteiger partial charge is 0.497 e. The Bertz CT molecular complexity index is 666. The Kier molecular flexibility index (Phi) is 5.49. The van der Waals surface area contributed by atoms with Crippen LogP contribution in [0.25, 0.3) is 0 Å². The quantitative estimate of drug-likeness (QED) is 0.887. The molecular formula is C20H24N2O2. The molecule has 4 nitrogen and oxygen atoms in total. The molecule has 0 bridgehead atoms. The molecule has 1 amide bonds. The molecular weight excluding hydrogens is 300 g/mol. The van der Waals surface area contributed by atoms with Crippen LogP contribution in [0.4, 0.5) is 0 Å². The van der Waals surface area contributed by atoms with E-state index in [0.29, 0.717) is 11.3 Å². The number of amides is 1. The van der Waals surface area contributed by atoms with Gasteiger partial charge >= 0.3 is 0 Å². The summed E-state index contributed by atoms with van der Waals surface area (Å²) in [5, 5.41) is 3.19. The zero-order valence-corrected chi connectivity index (χ0v) is 14.1. The molecule has 1 N–H and O–H groups in total. The number of hydrogen-bond acceptors (Lipinski definition) is 3. The number of carbonyl (C=O) groups excluding carboxylic acids is 1. The number of methoxy groups -OCH3 is 1. The van der Waals surface area contributed by atoms with Crippen LogP contribution in [-0.4, -0.2) is 37.6 Å². The summed E-state index contributed by atoms with van der Waals surface area (Å²) in [4.78, 5) is 15.1. The van der Waals surface area contributed by atoms with Crippen LogP contribution in [0.15, 0.2) is 54.6 Å². The van der Waals surface area contributed by atoms with E-state index >= 15 is 0 Å². The maximum atomic E-state index is 12.7. The van der Waals surface area contributed by atoms with Gasteiger partial charge in [0.05, 0.1) is 13.2 Å². The van der Waals surface area contributed by atoms with Gasteiger partial charge in [0.15, 0.2) is 0 Å². The number of likely N-dealkylation sites (tertiary alicyclic amines) is 1. The summed E-state index contributed by atoms with van der Waals surface area (Å²) in [6.45, 7) is 3.07. The first kappa shape index (κ1) is 16.5. The maximum absolute atomic E-state index is 12.7. The average Bonchev–Trinajstić information content (AvgIpc) is 3.15. The van der Waals surface area contributed by atoms with E-state index < -0.39 is 0 Å². The number of rotatable bonds is 6. The first-order valence-corrected chi connectivity index (χ1v) is 8.48. The highest BCUT2D eigenvalue weighted by Crippen LogP contribution is 2.19. The van der Waals surface area contributed by atoms with Gasteiger partial charge in [0.2, 0.25) is 0 Å². The minimum absolute atomic E-state index is 0.0111. The minimum Gasteiger partial charge on any atom is -0.497 e. The van der Waals surface area contributed by atoms with Crippen molar-refractivity contribution < 1.29 is 9.53 Å². The lowest BCUT2D eigenvalue weighted by atomic mass is 10.1. The summed E-state index contributed by atoms with van der Waals surface area (Å²) in [5.41, 5.74) is 1.76. The van der Waals surface area contributed by atoms with Crippen LogP contribution in [0.3, 0.4) is 0 Å². The Balaban J connectivity index is 1.76. The van der Waals surface area contributed by atoms with E-state index in [9.17, 15) is 4.79 Å². The Hall–Kier alpha value is -2.33. The van der Waals surface area contributed by atoms with Crippen LogP contribution in [0.1, 0.15) is 34.8 Å². The molecule has 1 fully saturated rings. The van der Waals surface area contributed by atoms with Crippen molar-refractivity contribution in [2.75, 3.05) is 26.7 Å². The molecule has 1 saturated heterocycles. The predicted molar refractivity (Wildman–Crippen MR) is 95.3 cm³/mol. The highest BCUT2D eigenvalue weighted by Gasteiger charge is 2.21. The molecule has 1 aliphatic rings. The average molecular weight is 324 g/mol. The molecule has 2 aromatic rings. The van der Waals surface area contributed by atoms with Gasteiger partial charge in [-0.3, -0.25) is 4.79 Å². The number of hydrogen-bond donors (Lipinski definition) is 1. The van der Waals surface area contributed by atoms with Crippen molar-refractivity contribution in [3.05, 3.63) is 65.7 Å². The van der Waals surface area contributed by atoms with Crippen molar-refractivity contribution in [1.29, 1.82) is 0 Å². The predicted octanol–water partition coefficient (Wildman–Crippen LogP) is 3.26. The van der Waals surface area contributed by atoms with Gasteiger partial charge in [0.25, 0.3) is 5.91 Å². The molecule has 24 heavy (non-hydrogen) atoms. The number of carbonyl (C=O) groups is 1. The van der Waals surface area contributed by atoms with E-state index in [1.807, 2.05) is 36.4 Å². The Labute approximate surface area is 143 Å². The van der Waals surface area contributed by atoms with Crippen molar-refractivity contribution >= 4 is 5.91 Å². The van der Waals surface area contributed by atoms with Crippen molar-refractivity contribution in [2.24, 2.45) is 0 Å².